The Bertz CT molecular complexity index is 930. The fourth-order valence-corrected chi connectivity index (χ4v) is 4.27. The molecule has 160 valence electrons. The van der Waals surface area contributed by atoms with Crippen LogP contribution in [0.5, 0.6) is 0 Å². The van der Waals surface area contributed by atoms with Gasteiger partial charge in [-0.15, -0.1) is 0 Å². The molecule has 0 atom stereocenters. The second-order valence-electron chi connectivity index (χ2n) is 9.29. The fourth-order valence-electron chi connectivity index (χ4n) is 4.27. The highest BCUT2D eigenvalue weighted by atomic mass is 16.1. The van der Waals surface area contributed by atoms with Crippen molar-refractivity contribution < 1.29 is 4.79 Å². The van der Waals surface area contributed by atoms with Crippen LogP contribution in [0.4, 0.5) is 17.3 Å². The van der Waals surface area contributed by atoms with E-state index >= 15 is 0 Å². The van der Waals surface area contributed by atoms with Crippen LogP contribution in [0.3, 0.4) is 0 Å². The van der Waals surface area contributed by atoms with Gasteiger partial charge < -0.3 is 16.0 Å². The van der Waals surface area contributed by atoms with Crippen LogP contribution in [0.1, 0.15) is 61.6 Å². The van der Waals surface area contributed by atoms with E-state index in [1.54, 1.807) is 6.20 Å². The van der Waals surface area contributed by atoms with Crippen molar-refractivity contribution in [3.63, 3.8) is 0 Å². The maximum absolute atomic E-state index is 11.9. The quantitative estimate of drug-likeness (QED) is 0.806. The van der Waals surface area contributed by atoms with Crippen molar-refractivity contribution in [3.05, 3.63) is 41.2 Å². The molecule has 0 aliphatic carbocycles. The summed E-state index contributed by atoms with van der Waals surface area (Å²) in [5, 5.41) is 3.32. The molecular weight excluding hydrogens is 376 g/mol. The fraction of sp³-hybridized carbons (Fsp3) is 0.522. The molecule has 1 saturated heterocycles. The minimum Gasteiger partial charge on any atom is -0.364 e. The largest absolute Gasteiger partial charge is 0.364 e. The number of benzene rings is 1. The van der Waals surface area contributed by atoms with Crippen molar-refractivity contribution in [1.82, 2.24) is 14.9 Å². The predicted octanol–water partition coefficient (Wildman–Crippen LogP) is 3.47. The van der Waals surface area contributed by atoms with Gasteiger partial charge in [-0.2, -0.15) is 0 Å². The minimum absolute atomic E-state index is 0.133. The number of nitrogens with zero attached hydrogens (tertiary/aromatic N) is 4. The summed E-state index contributed by atoms with van der Waals surface area (Å²) >= 11 is 0. The lowest BCUT2D eigenvalue weighted by Gasteiger charge is -2.39. The molecule has 1 aromatic heterocycles. The molecule has 2 aromatic rings. The van der Waals surface area contributed by atoms with E-state index in [-0.39, 0.29) is 11.2 Å². The monoisotopic (exact) mass is 408 g/mol. The molecule has 7 heteroatoms. The molecule has 2 aliphatic rings. The number of hydrogen-bond acceptors (Lipinski definition) is 6. The summed E-state index contributed by atoms with van der Waals surface area (Å²) in [6.07, 6.45) is 6.25. The van der Waals surface area contributed by atoms with Crippen LogP contribution in [0.15, 0.2) is 24.4 Å². The normalized spacial score (nSPS) is 17.5. The van der Waals surface area contributed by atoms with E-state index in [1.807, 2.05) is 6.07 Å². The van der Waals surface area contributed by atoms with Gasteiger partial charge in [0.1, 0.15) is 5.82 Å². The van der Waals surface area contributed by atoms with E-state index in [0.717, 1.165) is 56.9 Å². The Morgan fingerprint density at radius 3 is 2.57 bits per heavy atom. The molecule has 1 aromatic carbocycles. The zero-order valence-corrected chi connectivity index (χ0v) is 18.2. The first kappa shape index (κ1) is 20.6. The van der Waals surface area contributed by atoms with E-state index in [1.165, 1.54) is 17.5 Å². The number of carbonyl (C=O) groups is 1. The third kappa shape index (κ3) is 4.41. The summed E-state index contributed by atoms with van der Waals surface area (Å²) in [6.45, 7) is 10.7. The minimum atomic E-state index is -0.577. The number of nitrogens with one attached hydrogen (secondary N) is 1. The average Bonchev–Trinajstić information content (AvgIpc) is 2.73. The summed E-state index contributed by atoms with van der Waals surface area (Å²) in [4.78, 5) is 25.7. The molecule has 7 nitrogen and oxygen atoms in total. The maximum Gasteiger partial charge on any atom is 0.271 e. The first-order valence-corrected chi connectivity index (χ1v) is 10.9. The van der Waals surface area contributed by atoms with E-state index in [9.17, 15) is 4.79 Å². The van der Waals surface area contributed by atoms with Crippen LogP contribution in [-0.2, 0) is 13.0 Å². The first-order chi connectivity index (χ1) is 14.3. The number of nitrogens with two attached hydrogens (primary N) is 1. The third-order valence-electron chi connectivity index (χ3n) is 6.10. The lowest BCUT2D eigenvalue weighted by molar-refractivity contribution is 0.0996. The Kier molecular flexibility index (Phi) is 5.64. The van der Waals surface area contributed by atoms with Crippen LogP contribution in [0, 0.1) is 0 Å². The summed E-state index contributed by atoms with van der Waals surface area (Å²) in [6, 6.07) is 6.38. The van der Waals surface area contributed by atoms with Gasteiger partial charge in [0.05, 0.1) is 6.20 Å². The summed E-state index contributed by atoms with van der Waals surface area (Å²) in [5.41, 5.74) is 9.46. The number of aromatic nitrogens is 2. The number of primary amides is 1. The van der Waals surface area contributed by atoms with Crippen molar-refractivity contribution >= 4 is 23.2 Å². The first-order valence-electron chi connectivity index (χ1n) is 10.9. The van der Waals surface area contributed by atoms with Crippen LogP contribution < -0.4 is 16.0 Å². The number of amides is 1. The average molecular weight is 409 g/mol. The summed E-state index contributed by atoms with van der Waals surface area (Å²) in [7, 11) is 0. The third-order valence-corrected chi connectivity index (χ3v) is 6.10. The van der Waals surface area contributed by atoms with Crippen LogP contribution in [0.25, 0.3) is 0 Å². The molecule has 2 aliphatic heterocycles. The van der Waals surface area contributed by atoms with Gasteiger partial charge in [-0.1, -0.05) is 6.07 Å². The smallest absolute Gasteiger partial charge is 0.271 e. The van der Waals surface area contributed by atoms with Crippen LogP contribution >= 0.6 is 0 Å². The van der Waals surface area contributed by atoms with Crippen molar-refractivity contribution in [1.29, 1.82) is 0 Å². The highest BCUT2D eigenvalue weighted by molar-refractivity contribution is 5.96. The van der Waals surface area contributed by atoms with Gasteiger partial charge in [0.15, 0.2) is 11.5 Å². The van der Waals surface area contributed by atoms with Gasteiger partial charge in [-0.05, 0) is 69.7 Å². The number of rotatable bonds is 4. The summed E-state index contributed by atoms with van der Waals surface area (Å²) in [5.74, 6) is 0.639. The second-order valence-corrected chi connectivity index (χ2v) is 9.29. The molecular formula is C23H32N6O. The number of fused-ring (bicyclic) bond motifs is 1. The van der Waals surface area contributed by atoms with E-state index in [0.29, 0.717) is 5.82 Å². The Labute approximate surface area is 178 Å². The van der Waals surface area contributed by atoms with Crippen molar-refractivity contribution in [2.75, 3.05) is 29.9 Å². The standard InChI is InChI=1S/C23H32N6O/c1-23(2,3)29-12-9-16-7-8-18(13-17(16)15-29)26-22-20(21(24)30)25-14-19(27-22)28-10-5-4-6-11-28/h7-8,13-14H,4-6,9-12,15H2,1-3H3,(H2,24,30)(H,26,27). The van der Waals surface area contributed by atoms with Gasteiger partial charge in [0, 0.05) is 37.4 Å². The highest BCUT2D eigenvalue weighted by Gasteiger charge is 2.26. The molecule has 30 heavy (non-hydrogen) atoms. The lowest BCUT2D eigenvalue weighted by Crippen LogP contribution is -2.44. The zero-order valence-electron chi connectivity index (χ0n) is 18.2. The number of anilines is 3. The number of hydrogen-bond donors (Lipinski definition) is 2. The number of piperidine rings is 1. The van der Waals surface area contributed by atoms with Crippen LogP contribution in [-0.4, -0.2) is 45.9 Å². The summed E-state index contributed by atoms with van der Waals surface area (Å²) < 4.78 is 0. The molecule has 4 rings (SSSR count). The Morgan fingerprint density at radius 1 is 1.10 bits per heavy atom. The van der Waals surface area contributed by atoms with Crippen molar-refractivity contribution in [2.24, 2.45) is 5.73 Å². The molecule has 0 bridgehead atoms. The second kappa shape index (κ2) is 8.22. The Morgan fingerprint density at radius 2 is 1.87 bits per heavy atom. The van der Waals surface area contributed by atoms with Crippen LogP contribution in [0.2, 0.25) is 0 Å². The molecule has 1 amide bonds. The molecule has 3 heterocycles. The van der Waals surface area contributed by atoms with Crippen molar-refractivity contribution in [2.45, 2.75) is 58.5 Å². The SMILES string of the molecule is CC(C)(C)N1CCc2ccc(Nc3nc(N4CCCCC4)cnc3C(N)=O)cc2C1. The molecule has 0 saturated carbocycles. The highest BCUT2D eigenvalue weighted by Crippen LogP contribution is 2.29. The zero-order chi connectivity index (χ0) is 21.3. The molecule has 1 fully saturated rings. The predicted molar refractivity (Wildman–Crippen MR) is 120 cm³/mol. The molecule has 0 spiro atoms. The van der Waals surface area contributed by atoms with E-state index in [2.05, 4.69) is 53.0 Å². The maximum atomic E-state index is 11.9. The van der Waals surface area contributed by atoms with E-state index < -0.39 is 5.91 Å². The van der Waals surface area contributed by atoms with Crippen molar-refractivity contribution in [3.8, 4) is 0 Å². The van der Waals surface area contributed by atoms with Gasteiger partial charge in [-0.3, -0.25) is 9.69 Å². The molecule has 3 N–H and O–H groups in total. The Hall–Kier alpha value is -2.67. The van der Waals surface area contributed by atoms with E-state index in [4.69, 9.17) is 10.7 Å². The molecule has 0 unspecified atom stereocenters. The van der Waals surface area contributed by atoms with Gasteiger partial charge in [0.25, 0.3) is 5.91 Å². The van der Waals surface area contributed by atoms with Gasteiger partial charge in [0.2, 0.25) is 0 Å². The molecule has 0 radical (unpaired) electrons. The Balaban J connectivity index is 1.61. The number of carbonyl (C=O) groups excluding carboxylic acids is 1. The van der Waals surface area contributed by atoms with Gasteiger partial charge in [-0.25, -0.2) is 9.97 Å². The van der Waals surface area contributed by atoms with Gasteiger partial charge >= 0.3 is 0 Å². The lowest BCUT2D eigenvalue weighted by atomic mass is 9.95. The topological polar surface area (TPSA) is 87.4 Å².